The fourth-order valence-electron chi connectivity index (χ4n) is 2.17. The minimum absolute atomic E-state index is 0.0698. The number of hydrogen-bond donors (Lipinski definition) is 2. The van der Waals surface area contributed by atoms with Crippen LogP contribution in [-0.4, -0.2) is 6.61 Å². The Kier molecular flexibility index (Phi) is 4.82. The van der Waals surface area contributed by atoms with E-state index >= 15 is 0 Å². The molecule has 112 valence electrons. The van der Waals surface area contributed by atoms with Gasteiger partial charge < -0.3 is 4.74 Å². The highest BCUT2D eigenvalue weighted by molar-refractivity contribution is 5.39. The van der Waals surface area contributed by atoms with Crippen molar-refractivity contribution in [1.29, 1.82) is 0 Å². The summed E-state index contributed by atoms with van der Waals surface area (Å²) in [5.41, 5.74) is 4.95. The highest BCUT2D eigenvalue weighted by Crippen LogP contribution is 2.26. The van der Waals surface area contributed by atoms with Crippen molar-refractivity contribution < 1.29 is 17.9 Å². The third-order valence-electron chi connectivity index (χ3n) is 3.15. The SMILES string of the molecule is Cc1cc(F)ccc1C(NN)c1ccc(OC(F)F)cc1. The van der Waals surface area contributed by atoms with Crippen molar-refractivity contribution in [2.45, 2.75) is 19.6 Å². The average molecular weight is 296 g/mol. The molecule has 3 nitrogen and oxygen atoms in total. The molecule has 0 saturated carbocycles. The maximum atomic E-state index is 13.2. The van der Waals surface area contributed by atoms with Gasteiger partial charge in [0.2, 0.25) is 0 Å². The molecule has 3 N–H and O–H groups in total. The molecule has 0 amide bonds. The van der Waals surface area contributed by atoms with Crippen molar-refractivity contribution in [3.63, 3.8) is 0 Å². The molecule has 2 rings (SSSR count). The van der Waals surface area contributed by atoms with Crippen LogP contribution >= 0.6 is 0 Å². The molecule has 1 unspecified atom stereocenters. The summed E-state index contributed by atoms with van der Waals surface area (Å²) in [6.07, 6.45) is 0. The lowest BCUT2D eigenvalue weighted by Crippen LogP contribution is -2.29. The molecule has 0 bridgehead atoms. The maximum Gasteiger partial charge on any atom is 0.387 e. The first kappa shape index (κ1) is 15.3. The molecule has 21 heavy (non-hydrogen) atoms. The van der Waals surface area contributed by atoms with Gasteiger partial charge in [0.1, 0.15) is 11.6 Å². The Hall–Kier alpha value is -2.05. The van der Waals surface area contributed by atoms with E-state index in [0.29, 0.717) is 0 Å². The Morgan fingerprint density at radius 1 is 1.10 bits per heavy atom. The van der Waals surface area contributed by atoms with Crippen LogP contribution in [0.2, 0.25) is 0 Å². The molecule has 0 aliphatic heterocycles. The summed E-state index contributed by atoms with van der Waals surface area (Å²) in [7, 11) is 0. The molecule has 0 aromatic heterocycles. The van der Waals surface area contributed by atoms with Crippen LogP contribution in [0.5, 0.6) is 5.75 Å². The number of benzene rings is 2. The molecule has 0 radical (unpaired) electrons. The molecule has 6 heteroatoms. The summed E-state index contributed by atoms with van der Waals surface area (Å²) >= 11 is 0. The zero-order valence-corrected chi connectivity index (χ0v) is 11.3. The van der Waals surface area contributed by atoms with E-state index < -0.39 is 6.61 Å². The van der Waals surface area contributed by atoms with Crippen LogP contribution in [0.4, 0.5) is 13.2 Å². The highest BCUT2D eigenvalue weighted by Gasteiger charge is 2.15. The predicted octanol–water partition coefficient (Wildman–Crippen LogP) is 3.29. The second-order valence-electron chi connectivity index (χ2n) is 4.55. The van der Waals surface area contributed by atoms with Gasteiger partial charge in [-0.25, -0.2) is 9.82 Å². The molecular formula is C15H15F3N2O. The lowest BCUT2D eigenvalue weighted by molar-refractivity contribution is -0.0498. The van der Waals surface area contributed by atoms with Gasteiger partial charge >= 0.3 is 6.61 Å². The molecule has 0 aliphatic carbocycles. The quantitative estimate of drug-likeness (QED) is 0.657. The summed E-state index contributed by atoms with van der Waals surface area (Å²) in [6.45, 7) is -1.09. The van der Waals surface area contributed by atoms with E-state index in [1.54, 1.807) is 25.1 Å². The van der Waals surface area contributed by atoms with E-state index in [2.05, 4.69) is 10.2 Å². The van der Waals surface area contributed by atoms with Crippen molar-refractivity contribution in [2.24, 2.45) is 5.84 Å². The molecule has 2 aromatic rings. The molecule has 0 spiro atoms. The number of nitrogens with one attached hydrogen (secondary N) is 1. The van der Waals surface area contributed by atoms with Crippen molar-refractivity contribution in [2.75, 3.05) is 0 Å². The van der Waals surface area contributed by atoms with E-state index in [9.17, 15) is 13.2 Å². The van der Waals surface area contributed by atoms with Crippen LogP contribution in [0, 0.1) is 12.7 Å². The van der Waals surface area contributed by atoms with Crippen LogP contribution < -0.4 is 16.0 Å². The maximum absolute atomic E-state index is 13.2. The molecule has 1 atom stereocenters. The topological polar surface area (TPSA) is 47.3 Å². The minimum Gasteiger partial charge on any atom is -0.435 e. The number of alkyl halides is 2. The monoisotopic (exact) mass is 296 g/mol. The Labute approximate surface area is 120 Å². The van der Waals surface area contributed by atoms with Crippen molar-refractivity contribution in [1.82, 2.24) is 5.43 Å². The van der Waals surface area contributed by atoms with Gasteiger partial charge in [0.15, 0.2) is 0 Å². The van der Waals surface area contributed by atoms with Gasteiger partial charge in [-0.3, -0.25) is 5.84 Å². The van der Waals surface area contributed by atoms with Crippen LogP contribution in [-0.2, 0) is 0 Å². The first-order valence-corrected chi connectivity index (χ1v) is 6.28. The van der Waals surface area contributed by atoms with E-state index in [0.717, 1.165) is 16.7 Å². The third-order valence-corrected chi connectivity index (χ3v) is 3.15. The predicted molar refractivity (Wildman–Crippen MR) is 73.4 cm³/mol. The molecule has 2 aromatic carbocycles. The van der Waals surface area contributed by atoms with Gasteiger partial charge in [-0.1, -0.05) is 18.2 Å². The highest BCUT2D eigenvalue weighted by atomic mass is 19.3. The minimum atomic E-state index is -2.86. The van der Waals surface area contributed by atoms with Gasteiger partial charge in [-0.15, -0.1) is 0 Å². The van der Waals surface area contributed by atoms with Gasteiger partial charge in [0, 0.05) is 0 Å². The largest absolute Gasteiger partial charge is 0.435 e. The van der Waals surface area contributed by atoms with Crippen LogP contribution in [0.25, 0.3) is 0 Å². The number of ether oxygens (including phenoxy) is 1. The molecule has 0 fully saturated rings. The summed E-state index contributed by atoms with van der Waals surface area (Å²) in [5, 5.41) is 0. The summed E-state index contributed by atoms with van der Waals surface area (Å²) in [4.78, 5) is 0. The zero-order valence-electron chi connectivity index (χ0n) is 11.3. The third kappa shape index (κ3) is 3.74. The normalized spacial score (nSPS) is 12.5. The summed E-state index contributed by atoms with van der Waals surface area (Å²) < 4.78 is 41.7. The standard InChI is InChI=1S/C15H15F3N2O/c1-9-8-11(16)4-7-13(9)14(20-19)10-2-5-12(6-3-10)21-15(17)18/h2-8,14-15,20H,19H2,1H3. The molecule has 0 saturated heterocycles. The number of aryl methyl sites for hydroxylation is 1. The van der Waals surface area contributed by atoms with Gasteiger partial charge in [0.25, 0.3) is 0 Å². The van der Waals surface area contributed by atoms with Crippen LogP contribution in [0.1, 0.15) is 22.7 Å². The number of hydrogen-bond acceptors (Lipinski definition) is 3. The summed E-state index contributed by atoms with van der Waals surface area (Å²) in [6, 6.07) is 10.2. The summed E-state index contributed by atoms with van der Waals surface area (Å²) in [5.74, 6) is 5.31. The Bertz CT molecular complexity index is 602. The Balaban J connectivity index is 2.28. The van der Waals surface area contributed by atoms with Gasteiger partial charge in [-0.2, -0.15) is 8.78 Å². The van der Waals surface area contributed by atoms with Gasteiger partial charge in [-0.05, 0) is 47.9 Å². The van der Waals surface area contributed by atoms with E-state index in [-0.39, 0.29) is 17.6 Å². The number of rotatable bonds is 5. The molecular weight excluding hydrogens is 281 g/mol. The first-order valence-electron chi connectivity index (χ1n) is 6.28. The van der Waals surface area contributed by atoms with E-state index in [1.165, 1.54) is 24.3 Å². The van der Waals surface area contributed by atoms with Crippen LogP contribution in [0.3, 0.4) is 0 Å². The smallest absolute Gasteiger partial charge is 0.387 e. The number of hydrazine groups is 1. The van der Waals surface area contributed by atoms with Gasteiger partial charge in [0.05, 0.1) is 6.04 Å². The van der Waals surface area contributed by atoms with Crippen molar-refractivity contribution in [3.8, 4) is 5.75 Å². The van der Waals surface area contributed by atoms with Crippen molar-refractivity contribution in [3.05, 3.63) is 65.0 Å². The van der Waals surface area contributed by atoms with E-state index in [4.69, 9.17) is 5.84 Å². The lowest BCUT2D eigenvalue weighted by Gasteiger charge is -2.19. The molecule has 0 heterocycles. The second kappa shape index (κ2) is 6.60. The first-order chi connectivity index (χ1) is 10.0. The average Bonchev–Trinajstić information content (AvgIpc) is 2.43. The Morgan fingerprint density at radius 2 is 1.76 bits per heavy atom. The Morgan fingerprint density at radius 3 is 2.29 bits per heavy atom. The zero-order chi connectivity index (χ0) is 15.4. The number of halogens is 3. The van der Waals surface area contributed by atoms with E-state index in [1.807, 2.05) is 0 Å². The van der Waals surface area contributed by atoms with Crippen LogP contribution in [0.15, 0.2) is 42.5 Å². The lowest BCUT2D eigenvalue weighted by atomic mass is 9.95. The fourth-order valence-corrected chi connectivity index (χ4v) is 2.17. The molecule has 0 aliphatic rings. The number of nitrogens with two attached hydrogens (primary N) is 1. The second-order valence-corrected chi connectivity index (χ2v) is 4.55. The van der Waals surface area contributed by atoms with Crippen molar-refractivity contribution >= 4 is 0 Å². The fraction of sp³-hybridized carbons (Fsp3) is 0.200.